The molecule has 5 aromatic carbocycles. The van der Waals surface area contributed by atoms with E-state index in [4.69, 9.17) is 18.9 Å². The lowest BCUT2D eigenvalue weighted by atomic mass is 10.1. The molecule has 2 atom stereocenters. The number of likely N-dealkylation sites (tertiary alicyclic amines) is 1. The summed E-state index contributed by atoms with van der Waals surface area (Å²) in [7, 11) is 0. The fourth-order valence-corrected chi connectivity index (χ4v) is 6.30. The normalized spacial score (nSPS) is 15.3. The van der Waals surface area contributed by atoms with E-state index < -0.39 is 41.6 Å². The first-order chi connectivity index (χ1) is 27.9. The molecule has 1 aliphatic heterocycles. The van der Waals surface area contributed by atoms with Crippen LogP contribution >= 0.6 is 0 Å². The van der Waals surface area contributed by atoms with E-state index in [2.05, 4.69) is 10.6 Å². The molecule has 0 aromatic heterocycles. The van der Waals surface area contributed by atoms with E-state index in [1.54, 1.807) is 51.1 Å². The second-order valence-corrected chi connectivity index (χ2v) is 14.8. The van der Waals surface area contributed by atoms with Crippen LogP contribution < -0.4 is 20.1 Å². The summed E-state index contributed by atoms with van der Waals surface area (Å²) in [5.41, 5.74) is 2.26. The number of esters is 1. The van der Waals surface area contributed by atoms with Crippen LogP contribution in [0.25, 0.3) is 0 Å². The fraction of sp³-hybridized carbons (Fsp3) is 0.261. The highest BCUT2D eigenvalue weighted by molar-refractivity contribution is 6.08. The molecule has 12 nitrogen and oxygen atoms in total. The van der Waals surface area contributed by atoms with Crippen molar-refractivity contribution in [2.24, 2.45) is 0 Å². The predicted octanol–water partition coefficient (Wildman–Crippen LogP) is 8.16. The third kappa shape index (κ3) is 11.4. The van der Waals surface area contributed by atoms with E-state index in [-0.39, 0.29) is 42.2 Å². The molecule has 3 N–H and O–H groups in total. The summed E-state index contributed by atoms with van der Waals surface area (Å²) in [6.45, 7) is 6.16. The lowest BCUT2D eigenvalue weighted by molar-refractivity contribution is 0.0127. The number of benzene rings is 5. The van der Waals surface area contributed by atoms with Gasteiger partial charge >= 0.3 is 12.1 Å². The summed E-state index contributed by atoms with van der Waals surface area (Å²) in [6.07, 6.45) is -0.482. The van der Waals surface area contributed by atoms with E-state index in [9.17, 15) is 24.3 Å². The summed E-state index contributed by atoms with van der Waals surface area (Å²) in [6, 6.07) is 35.7. The number of anilines is 1. The van der Waals surface area contributed by atoms with Crippen molar-refractivity contribution in [2.75, 3.05) is 18.4 Å². The molecule has 0 radical (unpaired) electrons. The molecule has 1 fully saturated rings. The van der Waals surface area contributed by atoms with E-state index in [0.717, 1.165) is 11.1 Å². The number of amides is 3. The maximum Gasteiger partial charge on any atom is 0.410 e. The van der Waals surface area contributed by atoms with Crippen molar-refractivity contribution in [1.82, 2.24) is 10.2 Å². The fourth-order valence-electron chi connectivity index (χ4n) is 6.30. The number of carbonyl (C=O) groups excluding carboxylic acids is 4. The topological polar surface area (TPSA) is 153 Å². The molecule has 6 rings (SSSR count). The van der Waals surface area contributed by atoms with Gasteiger partial charge in [-0.25, -0.2) is 9.59 Å². The summed E-state index contributed by atoms with van der Waals surface area (Å²) < 4.78 is 23.9. The molecule has 0 unspecified atom stereocenters. The third-order valence-corrected chi connectivity index (χ3v) is 9.21. The highest BCUT2D eigenvalue weighted by Crippen LogP contribution is 2.31. The maximum atomic E-state index is 13.9. The first-order valence-electron chi connectivity index (χ1n) is 19.1. The lowest BCUT2D eigenvalue weighted by Crippen LogP contribution is -2.51. The number of nitrogens with zero attached hydrogens (tertiary/aromatic N) is 1. The van der Waals surface area contributed by atoms with Crippen LogP contribution in [0.3, 0.4) is 0 Å². The zero-order valence-electron chi connectivity index (χ0n) is 32.7. The average molecular weight is 786 g/mol. The first kappa shape index (κ1) is 40.8. The van der Waals surface area contributed by atoms with Crippen molar-refractivity contribution >= 4 is 29.6 Å². The minimum absolute atomic E-state index is 0.00906. The largest absolute Gasteiger partial charge is 0.508 e. The molecule has 0 saturated carbocycles. The number of hydrogen-bond acceptors (Lipinski definition) is 9. The van der Waals surface area contributed by atoms with Crippen molar-refractivity contribution < 1.29 is 43.2 Å². The van der Waals surface area contributed by atoms with Gasteiger partial charge in [0.2, 0.25) is 0 Å². The number of phenols is 1. The second-order valence-electron chi connectivity index (χ2n) is 14.8. The van der Waals surface area contributed by atoms with Gasteiger partial charge in [-0.1, -0.05) is 66.7 Å². The Balaban J connectivity index is 1.16. The minimum atomic E-state index is -0.790. The van der Waals surface area contributed by atoms with Gasteiger partial charge in [0.15, 0.2) is 0 Å². The number of ether oxygens (including phenoxy) is 4. The van der Waals surface area contributed by atoms with E-state index >= 15 is 0 Å². The van der Waals surface area contributed by atoms with Crippen LogP contribution in [0.1, 0.15) is 75.8 Å². The molecule has 12 heteroatoms. The van der Waals surface area contributed by atoms with Crippen molar-refractivity contribution in [3.05, 3.63) is 155 Å². The van der Waals surface area contributed by atoms with Gasteiger partial charge in [0, 0.05) is 24.3 Å². The zero-order chi connectivity index (χ0) is 41.1. The summed E-state index contributed by atoms with van der Waals surface area (Å²) in [5, 5.41) is 15.5. The Kier molecular flexibility index (Phi) is 13.3. The summed E-state index contributed by atoms with van der Waals surface area (Å²) in [5.74, 6) is -0.885. The van der Waals surface area contributed by atoms with Gasteiger partial charge in [-0.3, -0.25) is 9.59 Å². The Morgan fingerprint density at radius 2 is 1.28 bits per heavy atom. The molecule has 0 spiro atoms. The van der Waals surface area contributed by atoms with Gasteiger partial charge in [0.25, 0.3) is 11.8 Å². The molecular formula is C46H47N3O9. The third-order valence-electron chi connectivity index (χ3n) is 9.21. The van der Waals surface area contributed by atoms with Gasteiger partial charge in [0.05, 0.1) is 11.6 Å². The number of carbonyl (C=O) groups is 4. The van der Waals surface area contributed by atoms with E-state index in [1.165, 1.54) is 41.3 Å². The second kappa shape index (κ2) is 18.9. The Morgan fingerprint density at radius 1 is 0.707 bits per heavy atom. The van der Waals surface area contributed by atoms with Crippen molar-refractivity contribution in [3.8, 4) is 17.2 Å². The standard InChI is InChI=1S/C46H47N3O9/c1-46(2,3)58-45(54)49-27-11-18-38(37(28-49)48-42(51)33-21-25-36(50)26-22-33)57-44(53)34-19-23-35(24-20-34)47-43(52)41-39(55-29-31-12-6-4-7-13-31)16-10-17-40(41)56-30-32-14-8-5-9-15-32/h4-10,12-17,19-26,37-38,50H,11,18,27-30H2,1-3H3,(H,47,52)(H,48,51)/t37-,38-/m1/s1. The van der Waals surface area contributed by atoms with Gasteiger partial charge in [-0.2, -0.15) is 0 Å². The average Bonchev–Trinajstić information content (AvgIpc) is 3.41. The molecule has 58 heavy (non-hydrogen) atoms. The number of phenolic OH excluding ortho intramolecular Hbond substituents is 1. The van der Waals surface area contributed by atoms with Crippen LogP contribution in [-0.4, -0.2) is 64.7 Å². The van der Waals surface area contributed by atoms with Crippen LogP contribution in [0, 0.1) is 0 Å². The molecule has 300 valence electrons. The van der Waals surface area contributed by atoms with Crippen LogP contribution in [0.15, 0.2) is 127 Å². The number of aromatic hydroxyl groups is 1. The SMILES string of the molecule is CC(C)(C)OC(=O)N1CCC[C@@H](OC(=O)c2ccc(NC(=O)c3c(OCc4ccccc4)cccc3OCc3ccccc3)cc2)[C@H](NC(=O)c2ccc(O)cc2)C1. The molecule has 1 heterocycles. The Bertz CT molecular complexity index is 2110. The minimum Gasteiger partial charge on any atom is -0.508 e. The van der Waals surface area contributed by atoms with Crippen LogP contribution in [-0.2, 0) is 22.7 Å². The van der Waals surface area contributed by atoms with Gasteiger partial charge < -0.3 is 39.6 Å². The van der Waals surface area contributed by atoms with Gasteiger partial charge in [-0.05, 0) is 105 Å². The van der Waals surface area contributed by atoms with Crippen molar-refractivity contribution in [1.29, 1.82) is 0 Å². The molecule has 0 aliphatic carbocycles. The summed E-state index contributed by atoms with van der Waals surface area (Å²) in [4.78, 5) is 55.4. The van der Waals surface area contributed by atoms with Crippen molar-refractivity contribution in [3.63, 3.8) is 0 Å². The predicted molar refractivity (Wildman–Crippen MR) is 218 cm³/mol. The number of hydrogen-bond donors (Lipinski definition) is 3. The zero-order valence-corrected chi connectivity index (χ0v) is 32.7. The van der Waals surface area contributed by atoms with Crippen molar-refractivity contribution in [2.45, 2.75) is 64.6 Å². The maximum absolute atomic E-state index is 13.9. The smallest absolute Gasteiger partial charge is 0.410 e. The van der Waals surface area contributed by atoms with E-state index in [0.29, 0.717) is 36.6 Å². The van der Waals surface area contributed by atoms with Gasteiger partial charge in [-0.15, -0.1) is 0 Å². The monoisotopic (exact) mass is 785 g/mol. The Morgan fingerprint density at radius 3 is 1.84 bits per heavy atom. The highest BCUT2D eigenvalue weighted by atomic mass is 16.6. The van der Waals surface area contributed by atoms with Crippen LogP contribution in [0.5, 0.6) is 17.2 Å². The molecule has 5 aromatic rings. The Hall–Kier alpha value is -6.82. The quantitative estimate of drug-likeness (QED) is 0.106. The highest BCUT2D eigenvalue weighted by Gasteiger charge is 2.35. The lowest BCUT2D eigenvalue weighted by Gasteiger charge is -2.30. The molecular weight excluding hydrogens is 739 g/mol. The summed E-state index contributed by atoms with van der Waals surface area (Å²) >= 11 is 0. The molecule has 0 bridgehead atoms. The van der Waals surface area contributed by atoms with Crippen LogP contribution in [0.4, 0.5) is 10.5 Å². The van der Waals surface area contributed by atoms with Crippen LogP contribution in [0.2, 0.25) is 0 Å². The molecule has 3 amide bonds. The Labute approximate surface area is 337 Å². The molecule has 1 saturated heterocycles. The molecule has 1 aliphatic rings. The van der Waals surface area contributed by atoms with E-state index in [1.807, 2.05) is 60.7 Å². The first-order valence-corrected chi connectivity index (χ1v) is 19.1. The van der Waals surface area contributed by atoms with Gasteiger partial charge in [0.1, 0.15) is 47.7 Å². The number of nitrogens with one attached hydrogen (secondary N) is 2. The number of rotatable bonds is 12.